The van der Waals surface area contributed by atoms with Crippen LogP contribution in [0.25, 0.3) is 0 Å². The van der Waals surface area contributed by atoms with Gasteiger partial charge in [-0.2, -0.15) is 17.4 Å². The topological polar surface area (TPSA) is 69.6 Å². The van der Waals surface area contributed by atoms with E-state index in [0.29, 0.717) is 25.4 Å². The summed E-state index contributed by atoms with van der Waals surface area (Å²) in [6.45, 7) is 5.38. The molecular formula is C11H24N2O3S. The molecule has 6 heteroatoms. The summed E-state index contributed by atoms with van der Waals surface area (Å²) in [6.07, 6.45) is 2.72. The van der Waals surface area contributed by atoms with Gasteiger partial charge in [0.15, 0.2) is 0 Å². The molecular weight excluding hydrogens is 240 g/mol. The van der Waals surface area contributed by atoms with Crippen LogP contribution in [0, 0.1) is 5.92 Å². The summed E-state index contributed by atoms with van der Waals surface area (Å²) in [4.78, 5) is 0. The van der Waals surface area contributed by atoms with Crippen molar-refractivity contribution in [2.24, 2.45) is 5.92 Å². The lowest BCUT2D eigenvalue weighted by Crippen LogP contribution is -2.46. The van der Waals surface area contributed by atoms with Crippen molar-refractivity contribution >= 4 is 10.2 Å². The van der Waals surface area contributed by atoms with Crippen LogP contribution < -0.4 is 4.72 Å². The Kier molecular flexibility index (Phi) is 5.85. The molecule has 0 amide bonds. The average molecular weight is 264 g/mol. The van der Waals surface area contributed by atoms with Crippen LogP contribution >= 0.6 is 0 Å². The van der Waals surface area contributed by atoms with Gasteiger partial charge in [-0.05, 0) is 25.2 Å². The zero-order valence-corrected chi connectivity index (χ0v) is 11.5. The molecule has 1 rings (SSSR count). The van der Waals surface area contributed by atoms with E-state index in [1.807, 2.05) is 6.92 Å². The summed E-state index contributed by atoms with van der Waals surface area (Å²) < 4.78 is 27.8. The first-order chi connectivity index (χ1) is 7.95. The molecule has 1 unspecified atom stereocenters. The molecule has 17 heavy (non-hydrogen) atoms. The number of aliphatic hydroxyl groups is 1. The molecule has 0 radical (unpaired) electrons. The van der Waals surface area contributed by atoms with Crippen LogP contribution in [0.3, 0.4) is 0 Å². The molecule has 0 aliphatic carbocycles. The van der Waals surface area contributed by atoms with E-state index in [0.717, 1.165) is 19.3 Å². The lowest BCUT2D eigenvalue weighted by Gasteiger charge is -2.29. The summed E-state index contributed by atoms with van der Waals surface area (Å²) >= 11 is 0. The molecule has 0 aromatic rings. The third-order valence-corrected chi connectivity index (χ3v) is 4.78. The van der Waals surface area contributed by atoms with Crippen LogP contribution in [-0.4, -0.2) is 43.6 Å². The smallest absolute Gasteiger partial charge is 0.279 e. The summed E-state index contributed by atoms with van der Waals surface area (Å²) in [5.41, 5.74) is 0. The van der Waals surface area contributed by atoms with Gasteiger partial charge in [-0.25, -0.2) is 0 Å². The van der Waals surface area contributed by atoms with Gasteiger partial charge in [-0.3, -0.25) is 0 Å². The second-order valence-electron chi connectivity index (χ2n) is 4.88. The fourth-order valence-corrected chi connectivity index (χ4v) is 3.23. The highest BCUT2D eigenvalue weighted by Gasteiger charge is 2.26. The second kappa shape index (κ2) is 6.68. The van der Waals surface area contributed by atoms with Gasteiger partial charge in [-0.1, -0.05) is 20.3 Å². The van der Waals surface area contributed by atoms with E-state index in [9.17, 15) is 13.5 Å². The van der Waals surface area contributed by atoms with Crippen molar-refractivity contribution in [3.05, 3.63) is 0 Å². The quantitative estimate of drug-likeness (QED) is 0.742. The zero-order valence-electron chi connectivity index (χ0n) is 10.7. The molecule has 1 atom stereocenters. The van der Waals surface area contributed by atoms with Crippen LogP contribution in [0.4, 0.5) is 0 Å². The number of rotatable bonds is 6. The first-order valence-electron chi connectivity index (χ1n) is 6.38. The Morgan fingerprint density at radius 2 is 2.00 bits per heavy atom. The number of piperidine rings is 1. The van der Waals surface area contributed by atoms with Gasteiger partial charge < -0.3 is 5.11 Å². The number of hydrogen-bond donors (Lipinski definition) is 2. The maximum Gasteiger partial charge on any atom is 0.279 e. The molecule has 102 valence electrons. The van der Waals surface area contributed by atoms with Crippen molar-refractivity contribution in [1.82, 2.24) is 9.03 Å². The number of nitrogens with one attached hydrogen (secondary N) is 1. The van der Waals surface area contributed by atoms with Crippen LogP contribution in [0.2, 0.25) is 0 Å². The molecule has 0 aromatic heterocycles. The van der Waals surface area contributed by atoms with Crippen LogP contribution in [0.5, 0.6) is 0 Å². The Morgan fingerprint density at radius 1 is 1.41 bits per heavy atom. The highest BCUT2D eigenvalue weighted by Crippen LogP contribution is 2.17. The van der Waals surface area contributed by atoms with E-state index in [-0.39, 0.29) is 6.54 Å². The maximum atomic E-state index is 11.9. The van der Waals surface area contributed by atoms with Gasteiger partial charge >= 0.3 is 0 Å². The van der Waals surface area contributed by atoms with Gasteiger partial charge in [0, 0.05) is 19.6 Å². The van der Waals surface area contributed by atoms with E-state index in [1.54, 1.807) is 0 Å². The predicted octanol–water partition coefficient (Wildman–Crippen LogP) is 0.714. The average Bonchev–Trinajstić information content (AvgIpc) is 2.28. The van der Waals surface area contributed by atoms with E-state index in [4.69, 9.17) is 0 Å². The third kappa shape index (κ3) is 4.91. The van der Waals surface area contributed by atoms with Crippen LogP contribution in [0.15, 0.2) is 0 Å². The summed E-state index contributed by atoms with van der Waals surface area (Å²) in [7, 11) is -3.40. The molecule has 1 aliphatic rings. The Labute approximate surface area is 104 Å². The zero-order chi connectivity index (χ0) is 12.9. The third-order valence-electron chi connectivity index (χ3n) is 3.21. The highest BCUT2D eigenvalue weighted by atomic mass is 32.2. The van der Waals surface area contributed by atoms with E-state index >= 15 is 0 Å². The molecule has 0 spiro atoms. The van der Waals surface area contributed by atoms with Crippen LogP contribution in [-0.2, 0) is 10.2 Å². The predicted molar refractivity (Wildman–Crippen MR) is 67.8 cm³/mol. The van der Waals surface area contributed by atoms with E-state index < -0.39 is 16.3 Å². The standard InChI is InChI=1S/C11H24N2O3S/c1-3-4-11(14)9-12-17(15,16)13-7-5-10(2)6-8-13/h10-12,14H,3-9H2,1-2H3. The number of hydrogen-bond acceptors (Lipinski definition) is 3. The van der Waals surface area contributed by atoms with Gasteiger partial charge in [-0.15, -0.1) is 0 Å². The molecule has 2 N–H and O–H groups in total. The molecule has 0 bridgehead atoms. The van der Waals surface area contributed by atoms with Gasteiger partial charge in [0.05, 0.1) is 6.10 Å². The fraction of sp³-hybridized carbons (Fsp3) is 1.00. The Hall–Kier alpha value is -0.170. The van der Waals surface area contributed by atoms with Crippen molar-refractivity contribution in [2.45, 2.75) is 45.6 Å². The minimum Gasteiger partial charge on any atom is -0.392 e. The Bertz CT molecular complexity index is 311. The molecule has 1 fully saturated rings. The number of nitrogens with zero attached hydrogens (tertiary/aromatic N) is 1. The molecule has 5 nitrogen and oxygen atoms in total. The Balaban J connectivity index is 2.40. The summed E-state index contributed by atoms with van der Waals surface area (Å²) in [5.74, 6) is 0.604. The van der Waals surface area contributed by atoms with Crippen molar-refractivity contribution in [3.63, 3.8) is 0 Å². The van der Waals surface area contributed by atoms with Crippen LogP contribution in [0.1, 0.15) is 39.5 Å². The largest absolute Gasteiger partial charge is 0.392 e. The normalized spacial score (nSPS) is 21.6. The lowest BCUT2D eigenvalue weighted by atomic mass is 10.0. The minimum absolute atomic E-state index is 0.113. The van der Waals surface area contributed by atoms with E-state index in [1.165, 1.54) is 4.31 Å². The molecule has 1 heterocycles. The fourth-order valence-electron chi connectivity index (χ4n) is 1.95. The van der Waals surface area contributed by atoms with Gasteiger partial charge in [0.1, 0.15) is 0 Å². The SMILES string of the molecule is CCCC(O)CNS(=O)(=O)N1CCC(C)CC1. The second-order valence-corrected chi connectivity index (χ2v) is 6.63. The summed E-state index contributed by atoms with van der Waals surface area (Å²) in [6, 6.07) is 0. The molecule has 1 saturated heterocycles. The number of aliphatic hydroxyl groups excluding tert-OH is 1. The first kappa shape index (κ1) is 14.9. The lowest BCUT2D eigenvalue weighted by molar-refractivity contribution is 0.166. The first-order valence-corrected chi connectivity index (χ1v) is 7.82. The van der Waals surface area contributed by atoms with Gasteiger partial charge in [0.2, 0.25) is 0 Å². The van der Waals surface area contributed by atoms with Crippen molar-refractivity contribution in [1.29, 1.82) is 0 Å². The van der Waals surface area contributed by atoms with Crippen molar-refractivity contribution in [2.75, 3.05) is 19.6 Å². The van der Waals surface area contributed by atoms with Crippen molar-refractivity contribution in [3.8, 4) is 0 Å². The Morgan fingerprint density at radius 3 is 2.53 bits per heavy atom. The van der Waals surface area contributed by atoms with Crippen molar-refractivity contribution < 1.29 is 13.5 Å². The maximum absolute atomic E-state index is 11.9. The van der Waals surface area contributed by atoms with E-state index in [2.05, 4.69) is 11.6 Å². The minimum atomic E-state index is -3.40. The van der Waals surface area contributed by atoms with Gasteiger partial charge in [0.25, 0.3) is 10.2 Å². The summed E-state index contributed by atoms with van der Waals surface area (Å²) in [5, 5.41) is 9.51. The monoisotopic (exact) mass is 264 g/mol. The molecule has 0 saturated carbocycles. The molecule has 1 aliphatic heterocycles. The molecule has 0 aromatic carbocycles. The highest BCUT2D eigenvalue weighted by molar-refractivity contribution is 7.87.